The summed E-state index contributed by atoms with van der Waals surface area (Å²) in [6.45, 7) is 2.46. The van der Waals surface area contributed by atoms with Crippen LogP contribution < -0.4 is 5.90 Å². The molecule has 0 aromatic rings. The molecule has 0 aliphatic carbocycles. The average Bonchev–Trinajstić information content (AvgIpc) is 2.18. The van der Waals surface area contributed by atoms with Gasteiger partial charge in [-0.05, 0) is 12.5 Å². The Hall–Kier alpha value is -0.670. The number of nitrogens with two attached hydrogens (primary N) is 1. The Morgan fingerprint density at radius 3 is 3.11 bits per heavy atom. The number of rotatable bonds is 2. The Labute approximate surface area is 54.2 Å². The van der Waals surface area contributed by atoms with E-state index in [-0.39, 0.29) is 0 Å². The molecule has 1 rings (SSSR count). The van der Waals surface area contributed by atoms with Crippen LogP contribution in [0.25, 0.3) is 0 Å². The second kappa shape index (κ2) is 2.75. The van der Waals surface area contributed by atoms with Crippen molar-refractivity contribution >= 4 is 6.21 Å². The van der Waals surface area contributed by atoms with Crippen LogP contribution in [-0.2, 0) is 4.84 Å². The standard InChI is InChI=1S/C6H10N2O/c1-5-6(4-9-7)2-3-8-5/h3H,2,4,7H2,1H3. The predicted octanol–water partition coefficient (Wildman–Crippen LogP) is 0.625. The Balaban J connectivity index is 2.51. The summed E-state index contributed by atoms with van der Waals surface area (Å²) in [5.41, 5.74) is 2.22. The summed E-state index contributed by atoms with van der Waals surface area (Å²) >= 11 is 0. The fraction of sp³-hybridized carbons (Fsp3) is 0.500. The second-order valence-corrected chi connectivity index (χ2v) is 2.02. The average molecular weight is 126 g/mol. The van der Waals surface area contributed by atoms with E-state index in [1.807, 2.05) is 13.1 Å². The zero-order valence-corrected chi connectivity index (χ0v) is 5.42. The molecule has 0 aromatic heterocycles. The SMILES string of the molecule is CC1=C(CON)CC=N1. The van der Waals surface area contributed by atoms with Gasteiger partial charge in [0.2, 0.25) is 0 Å². The van der Waals surface area contributed by atoms with Gasteiger partial charge in [-0.2, -0.15) is 0 Å². The summed E-state index contributed by atoms with van der Waals surface area (Å²) < 4.78 is 0. The van der Waals surface area contributed by atoms with Crippen molar-refractivity contribution in [2.75, 3.05) is 6.61 Å². The van der Waals surface area contributed by atoms with Gasteiger partial charge in [0, 0.05) is 18.3 Å². The third-order valence-electron chi connectivity index (χ3n) is 1.39. The molecule has 0 atom stereocenters. The quantitative estimate of drug-likeness (QED) is 0.551. The highest BCUT2D eigenvalue weighted by Gasteiger charge is 2.04. The van der Waals surface area contributed by atoms with E-state index in [4.69, 9.17) is 5.90 Å². The van der Waals surface area contributed by atoms with Gasteiger partial charge in [0.15, 0.2) is 0 Å². The van der Waals surface area contributed by atoms with E-state index in [0.717, 1.165) is 12.1 Å². The van der Waals surface area contributed by atoms with Crippen LogP contribution in [0.3, 0.4) is 0 Å². The minimum atomic E-state index is 0.506. The normalized spacial score (nSPS) is 17.6. The van der Waals surface area contributed by atoms with Gasteiger partial charge in [0.1, 0.15) is 0 Å². The summed E-state index contributed by atoms with van der Waals surface area (Å²) in [6, 6.07) is 0. The van der Waals surface area contributed by atoms with Gasteiger partial charge in [-0.1, -0.05) is 0 Å². The number of allylic oxidation sites excluding steroid dienone is 1. The first-order chi connectivity index (χ1) is 4.34. The van der Waals surface area contributed by atoms with Crippen LogP contribution in [0.2, 0.25) is 0 Å². The van der Waals surface area contributed by atoms with Gasteiger partial charge in [0.25, 0.3) is 0 Å². The van der Waals surface area contributed by atoms with Crippen LogP contribution in [-0.4, -0.2) is 12.8 Å². The van der Waals surface area contributed by atoms with Crippen molar-refractivity contribution in [1.82, 2.24) is 0 Å². The molecule has 2 N–H and O–H groups in total. The zero-order chi connectivity index (χ0) is 6.69. The molecular weight excluding hydrogens is 116 g/mol. The van der Waals surface area contributed by atoms with Crippen LogP contribution in [0.1, 0.15) is 13.3 Å². The van der Waals surface area contributed by atoms with Crippen molar-refractivity contribution in [3.8, 4) is 0 Å². The van der Waals surface area contributed by atoms with E-state index in [1.54, 1.807) is 0 Å². The van der Waals surface area contributed by atoms with Crippen molar-refractivity contribution in [2.45, 2.75) is 13.3 Å². The first-order valence-electron chi connectivity index (χ1n) is 2.87. The molecule has 3 heteroatoms. The Bertz CT molecular complexity index is 160. The fourth-order valence-corrected chi connectivity index (χ4v) is 0.796. The smallest absolute Gasteiger partial charge is 0.0914 e. The van der Waals surface area contributed by atoms with Crippen molar-refractivity contribution in [3.63, 3.8) is 0 Å². The molecule has 0 radical (unpaired) electrons. The van der Waals surface area contributed by atoms with Crippen LogP contribution in [0.15, 0.2) is 16.3 Å². The maximum Gasteiger partial charge on any atom is 0.0914 e. The predicted molar refractivity (Wildman–Crippen MR) is 35.9 cm³/mol. The largest absolute Gasteiger partial charge is 0.300 e. The van der Waals surface area contributed by atoms with Gasteiger partial charge >= 0.3 is 0 Å². The van der Waals surface area contributed by atoms with Crippen molar-refractivity contribution in [1.29, 1.82) is 0 Å². The summed E-state index contributed by atoms with van der Waals surface area (Å²) in [6.07, 6.45) is 2.76. The summed E-state index contributed by atoms with van der Waals surface area (Å²) in [7, 11) is 0. The summed E-state index contributed by atoms with van der Waals surface area (Å²) in [5.74, 6) is 4.88. The molecule has 3 nitrogen and oxygen atoms in total. The highest BCUT2D eigenvalue weighted by Crippen LogP contribution is 2.13. The third-order valence-corrected chi connectivity index (χ3v) is 1.39. The topological polar surface area (TPSA) is 47.6 Å². The molecule has 0 amide bonds. The van der Waals surface area contributed by atoms with Gasteiger partial charge in [-0.25, -0.2) is 5.90 Å². The van der Waals surface area contributed by atoms with E-state index in [1.165, 1.54) is 5.57 Å². The maximum absolute atomic E-state index is 4.88. The lowest BCUT2D eigenvalue weighted by atomic mass is 10.2. The first kappa shape index (κ1) is 6.45. The van der Waals surface area contributed by atoms with E-state index in [0.29, 0.717) is 6.61 Å². The maximum atomic E-state index is 4.88. The number of hydrogen-bond acceptors (Lipinski definition) is 3. The Morgan fingerprint density at radius 2 is 2.67 bits per heavy atom. The van der Waals surface area contributed by atoms with Crippen molar-refractivity contribution in [2.24, 2.45) is 10.9 Å². The van der Waals surface area contributed by atoms with Gasteiger partial charge in [0.05, 0.1) is 6.61 Å². The molecule has 0 bridgehead atoms. The molecule has 0 fully saturated rings. The lowest BCUT2D eigenvalue weighted by Gasteiger charge is -1.97. The minimum Gasteiger partial charge on any atom is -0.300 e. The molecule has 1 aliphatic rings. The van der Waals surface area contributed by atoms with Crippen LogP contribution >= 0.6 is 0 Å². The molecule has 50 valence electrons. The van der Waals surface area contributed by atoms with E-state index in [2.05, 4.69) is 9.83 Å². The van der Waals surface area contributed by atoms with Crippen molar-refractivity contribution in [3.05, 3.63) is 11.3 Å². The number of hydrogen-bond donors (Lipinski definition) is 1. The molecule has 0 spiro atoms. The third kappa shape index (κ3) is 1.37. The molecule has 9 heavy (non-hydrogen) atoms. The zero-order valence-electron chi connectivity index (χ0n) is 5.42. The Kier molecular flexibility index (Phi) is 1.97. The van der Waals surface area contributed by atoms with Crippen LogP contribution in [0, 0.1) is 0 Å². The molecule has 0 unspecified atom stereocenters. The van der Waals surface area contributed by atoms with Gasteiger partial charge in [-0.15, -0.1) is 0 Å². The Morgan fingerprint density at radius 1 is 1.89 bits per heavy atom. The van der Waals surface area contributed by atoms with Crippen LogP contribution in [0.5, 0.6) is 0 Å². The number of aliphatic imine (C=N–C) groups is 1. The van der Waals surface area contributed by atoms with Gasteiger partial charge < -0.3 is 4.84 Å². The summed E-state index contributed by atoms with van der Waals surface area (Å²) in [4.78, 5) is 8.51. The highest BCUT2D eigenvalue weighted by molar-refractivity contribution is 5.67. The first-order valence-corrected chi connectivity index (χ1v) is 2.87. The molecule has 0 saturated heterocycles. The minimum absolute atomic E-state index is 0.506. The fourth-order valence-electron chi connectivity index (χ4n) is 0.796. The highest BCUT2D eigenvalue weighted by atomic mass is 16.6. The second-order valence-electron chi connectivity index (χ2n) is 2.02. The van der Waals surface area contributed by atoms with Gasteiger partial charge in [-0.3, -0.25) is 4.99 Å². The van der Waals surface area contributed by atoms with Crippen molar-refractivity contribution < 1.29 is 4.84 Å². The van der Waals surface area contributed by atoms with Crippen LogP contribution in [0.4, 0.5) is 0 Å². The molecule has 0 saturated carbocycles. The van der Waals surface area contributed by atoms with E-state index >= 15 is 0 Å². The van der Waals surface area contributed by atoms with E-state index in [9.17, 15) is 0 Å². The molecule has 1 heterocycles. The lowest BCUT2D eigenvalue weighted by Crippen LogP contribution is -2.03. The van der Waals surface area contributed by atoms with E-state index < -0.39 is 0 Å². The number of nitrogens with zero attached hydrogens (tertiary/aromatic N) is 1. The molecule has 1 aliphatic heterocycles. The molecular formula is C6H10N2O. The monoisotopic (exact) mass is 126 g/mol. The lowest BCUT2D eigenvalue weighted by molar-refractivity contribution is 0.160. The molecule has 0 aromatic carbocycles. The summed E-state index contributed by atoms with van der Waals surface area (Å²) in [5, 5.41) is 0.